The Morgan fingerprint density at radius 3 is 2.61 bits per heavy atom. The number of nitrogens with two attached hydrogens (primary N) is 2. The highest BCUT2D eigenvalue weighted by Gasteiger charge is 2.31. The number of hydrogen-bond donors (Lipinski definition) is 3. The van der Waals surface area contributed by atoms with Crippen molar-refractivity contribution in [2.75, 3.05) is 0 Å². The Labute approximate surface area is 108 Å². The van der Waals surface area contributed by atoms with Crippen LogP contribution in [0, 0.1) is 0 Å². The van der Waals surface area contributed by atoms with Crippen molar-refractivity contribution < 1.29 is 4.79 Å². The first kappa shape index (κ1) is 12.9. The highest BCUT2D eigenvalue weighted by Crippen LogP contribution is 2.34. The SMILES string of the molecule is CC(C)(C)c1ccc2c(c1)C(NC(N)=O)C(N)C2. The topological polar surface area (TPSA) is 81.1 Å². The summed E-state index contributed by atoms with van der Waals surface area (Å²) in [4.78, 5) is 11.0. The molecule has 0 saturated heterocycles. The Morgan fingerprint density at radius 1 is 1.39 bits per heavy atom. The molecule has 1 aromatic rings. The van der Waals surface area contributed by atoms with Crippen LogP contribution in [-0.4, -0.2) is 12.1 Å². The molecule has 18 heavy (non-hydrogen) atoms. The molecule has 0 spiro atoms. The van der Waals surface area contributed by atoms with E-state index in [4.69, 9.17) is 11.5 Å². The Kier molecular flexibility index (Phi) is 3.07. The van der Waals surface area contributed by atoms with Crippen LogP contribution in [0.2, 0.25) is 0 Å². The molecule has 1 aromatic carbocycles. The average Bonchev–Trinajstić information content (AvgIpc) is 2.53. The number of hydrogen-bond acceptors (Lipinski definition) is 2. The largest absolute Gasteiger partial charge is 0.352 e. The number of benzene rings is 1. The third-order valence-corrected chi connectivity index (χ3v) is 3.53. The minimum absolute atomic E-state index is 0.0823. The summed E-state index contributed by atoms with van der Waals surface area (Å²) in [5.74, 6) is 0. The van der Waals surface area contributed by atoms with Crippen LogP contribution in [0.15, 0.2) is 18.2 Å². The van der Waals surface area contributed by atoms with E-state index in [-0.39, 0.29) is 17.5 Å². The molecule has 98 valence electrons. The fourth-order valence-corrected chi connectivity index (χ4v) is 2.48. The average molecular weight is 247 g/mol. The molecule has 2 unspecified atom stereocenters. The first-order chi connectivity index (χ1) is 8.29. The van der Waals surface area contributed by atoms with Gasteiger partial charge >= 0.3 is 6.03 Å². The zero-order chi connectivity index (χ0) is 13.5. The van der Waals surface area contributed by atoms with Gasteiger partial charge < -0.3 is 16.8 Å². The van der Waals surface area contributed by atoms with Crippen molar-refractivity contribution in [2.24, 2.45) is 11.5 Å². The summed E-state index contributed by atoms with van der Waals surface area (Å²) >= 11 is 0. The third-order valence-electron chi connectivity index (χ3n) is 3.53. The Bertz CT molecular complexity index is 476. The van der Waals surface area contributed by atoms with Gasteiger partial charge in [-0.15, -0.1) is 0 Å². The van der Waals surface area contributed by atoms with Gasteiger partial charge in [0, 0.05) is 6.04 Å². The molecule has 0 aromatic heterocycles. The molecule has 2 amide bonds. The van der Waals surface area contributed by atoms with Gasteiger partial charge in [-0.05, 0) is 28.5 Å². The number of carbonyl (C=O) groups excluding carboxylic acids is 1. The number of nitrogens with one attached hydrogen (secondary N) is 1. The van der Waals surface area contributed by atoms with Crippen molar-refractivity contribution in [2.45, 2.75) is 44.7 Å². The van der Waals surface area contributed by atoms with E-state index in [1.807, 2.05) is 0 Å². The van der Waals surface area contributed by atoms with E-state index in [0.717, 1.165) is 12.0 Å². The van der Waals surface area contributed by atoms with E-state index in [9.17, 15) is 4.79 Å². The maximum atomic E-state index is 11.0. The number of primary amides is 1. The molecule has 2 rings (SSSR count). The number of amides is 2. The first-order valence-corrected chi connectivity index (χ1v) is 6.24. The molecule has 4 nitrogen and oxygen atoms in total. The summed E-state index contributed by atoms with van der Waals surface area (Å²) in [5, 5.41) is 2.74. The number of rotatable bonds is 1. The van der Waals surface area contributed by atoms with Gasteiger partial charge in [-0.2, -0.15) is 0 Å². The van der Waals surface area contributed by atoms with Gasteiger partial charge in [-0.25, -0.2) is 4.79 Å². The van der Waals surface area contributed by atoms with Crippen LogP contribution in [0.4, 0.5) is 4.79 Å². The molecule has 0 saturated carbocycles. The zero-order valence-electron chi connectivity index (χ0n) is 11.2. The van der Waals surface area contributed by atoms with Crippen LogP contribution < -0.4 is 16.8 Å². The van der Waals surface area contributed by atoms with Crippen LogP contribution in [-0.2, 0) is 11.8 Å². The molecule has 5 N–H and O–H groups in total. The number of fused-ring (bicyclic) bond motifs is 1. The normalized spacial score (nSPS) is 22.7. The van der Waals surface area contributed by atoms with Gasteiger partial charge in [0.15, 0.2) is 0 Å². The molecule has 1 aliphatic rings. The Hall–Kier alpha value is -1.55. The van der Waals surface area contributed by atoms with E-state index >= 15 is 0 Å². The standard InChI is InChI=1S/C14H21N3O/c1-14(2,3)9-5-4-8-6-11(15)12(10(8)7-9)17-13(16)18/h4-5,7,11-12H,6,15H2,1-3H3,(H3,16,17,18). The predicted octanol–water partition coefficient (Wildman–Crippen LogP) is 1.58. The van der Waals surface area contributed by atoms with E-state index in [2.05, 4.69) is 44.3 Å². The summed E-state index contributed by atoms with van der Waals surface area (Å²) in [6.07, 6.45) is 0.782. The van der Waals surface area contributed by atoms with E-state index < -0.39 is 6.03 Å². The maximum Gasteiger partial charge on any atom is 0.312 e. The monoisotopic (exact) mass is 247 g/mol. The Balaban J connectivity index is 2.39. The number of urea groups is 1. The molecule has 4 heteroatoms. The first-order valence-electron chi connectivity index (χ1n) is 6.24. The number of carbonyl (C=O) groups is 1. The quantitative estimate of drug-likeness (QED) is 0.704. The molecule has 0 radical (unpaired) electrons. The Morgan fingerprint density at radius 2 is 2.06 bits per heavy atom. The highest BCUT2D eigenvalue weighted by atomic mass is 16.2. The molecule has 0 heterocycles. The summed E-state index contributed by atoms with van der Waals surface area (Å²) in [6.45, 7) is 6.50. The zero-order valence-corrected chi connectivity index (χ0v) is 11.2. The van der Waals surface area contributed by atoms with Crippen LogP contribution in [0.25, 0.3) is 0 Å². The molecule has 1 aliphatic carbocycles. The van der Waals surface area contributed by atoms with Crippen molar-refractivity contribution in [1.82, 2.24) is 5.32 Å². The summed E-state index contributed by atoms with van der Waals surface area (Å²) in [6, 6.07) is 5.60. The lowest BCUT2D eigenvalue weighted by Crippen LogP contribution is -2.41. The van der Waals surface area contributed by atoms with Crippen molar-refractivity contribution in [3.05, 3.63) is 34.9 Å². The molecule has 0 bridgehead atoms. The van der Waals surface area contributed by atoms with E-state index in [1.165, 1.54) is 11.1 Å². The van der Waals surface area contributed by atoms with Gasteiger partial charge in [0.2, 0.25) is 0 Å². The summed E-state index contributed by atoms with van der Waals surface area (Å²) in [7, 11) is 0. The van der Waals surface area contributed by atoms with Crippen LogP contribution in [0.1, 0.15) is 43.5 Å². The minimum Gasteiger partial charge on any atom is -0.352 e. The van der Waals surface area contributed by atoms with Gasteiger partial charge in [-0.3, -0.25) is 0 Å². The molecule has 2 atom stereocenters. The third kappa shape index (κ3) is 2.34. The van der Waals surface area contributed by atoms with Gasteiger partial charge in [0.05, 0.1) is 6.04 Å². The molecular formula is C14H21N3O. The van der Waals surface area contributed by atoms with E-state index in [0.29, 0.717) is 0 Å². The smallest absolute Gasteiger partial charge is 0.312 e. The van der Waals surface area contributed by atoms with Gasteiger partial charge in [0.1, 0.15) is 0 Å². The van der Waals surface area contributed by atoms with Crippen molar-refractivity contribution in [3.63, 3.8) is 0 Å². The van der Waals surface area contributed by atoms with Crippen LogP contribution in [0.3, 0.4) is 0 Å². The summed E-state index contributed by atoms with van der Waals surface area (Å²) < 4.78 is 0. The highest BCUT2D eigenvalue weighted by molar-refractivity contribution is 5.72. The second-order valence-electron chi connectivity index (χ2n) is 6.02. The fraction of sp³-hybridized carbons (Fsp3) is 0.500. The minimum atomic E-state index is -0.524. The lowest BCUT2D eigenvalue weighted by molar-refractivity contribution is 0.244. The second kappa shape index (κ2) is 4.28. The summed E-state index contributed by atoms with van der Waals surface area (Å²) in [5.41, 5.74) is 14.9. The lowest BCUT2D eigenvalue weighted by Gasteiger charge is -2.22. The lowest BCUT2D eigenvalue weighted by atomic mass is 9.85. The van der Waals surface area contributed by atoms with Gasteiger partial charge in [0.25, 0.3) is 0 Å². The van der Waals surface area contributed by atoms with Crippen molar-refractivity contribution in [3.8, 4) is 0 Å². The second-order valence-corrected chi connectivity index (χ2v) is 6.02. The maximum absolute atomic E-state index is 11.0. The molecular weight excluding hydrogens is 226 g/mol. The predicted molar refractivity (Wildman–Crippen MR) is 72.3 cm³/mol. The van der Waals surface area contributed by atoms with Crippen LogP contribution >= 0.6 is 0 Å². The van der Waals surface area contributed by atoms with Crippen molar-refractivity contribution in [1.29, 1.82) is 0 Å². The van der Waals surface area contributed by atoms with Crippen LogP contribution in [0.5, 0.6) is 0 Å². The molecule has 0 aliphatic heterocycles. The van der Waals surface area contributed by atoms with Gasteiger partial charge in [-0.1, -0.05) is 39.0 Å². The molecule has 0 fully saturated rings. The fourth-order valence-electron chi connectivity index (χ4n) is 2.48. The van der Waals surface area contributed by atoms with E-state index in [1.54, 1.807) is 0 Å². The van der Waals surface area contributed by atoms with Crippen molar-refractivity contribution >= 4 is 6.03 Å².